The molecule has 0 aliphatic carbocycles. The van der Waals surface area contributed by atoms with Crippen molar-refractivity contribution in [2.24, 2.45) is 0 Å². The fourth-order valence-electron chi connectivity index (χ4n) is 1.86. The number of rotatable bonds is 2. The number of imidazole rings is 1. The van der Waals surface area contributed by atoms with Crippen LogP contribution in [0.4, 0.5) is 0 Å². The predicted molar refractivity (Wildman–Crippen MR) is 67.7 cm³/mol. The summed E-state index contributed by atoms with van der Waals surface area (Å²) in [5, 5.41) is 0. The minimum Gasteiger partial charge on any atom is -0.496 e. The molecule has 1 N–H and O–H groups in total. The zero-order chi connectivity index (χ0) is 11.7. The second-order valence-corrected chi connectivity index (χ2v) is 4.50. The fraction of sp³-hybridized carbons (Fsp3) is 0.250. The van der Waals surface area contributed by atoms with Crippen LogP contribution in [0.15, 0.2) is 23.1 Å². The predicted octanol–water partition coefficient (Wildman–Crippen LogP) is 3.46. The van der Waals surface area contributed by atoms with Crippen LogP contribution in [0.3, 0.4) is 0 Å². The maximum Gasteiger partial charge on any atom is 0.174 e. The zero-order valence-electron chi connectivity index (χ0n) is 9.47. The molecule has 2 rings (SSSR count). The molecular formula is C12H13BrN2O. The number of hydrogen-bond donors (Lipinski definition) is 1. The van der Waals surface area contributed by atoms with Gasteiger partial charge in [-0.2, -0.15) is 0 Å². The molecule has 1 aromatic carbocycles. The minimum absolute atomic E-state index is 0.726. The van der Waals surface area contributed by atoms with Gasteiger partial charge in [0.25, 0.3) is 0 Å². The summed E-state index contributed by atoms with van der Waals surface area (Å²) in [7, 11) is 1.69. The van der Waals surface area contributed by atoms with Gasteiger partial charge in [-0.15, -0.1) is 0 Å². The van der Waals surface area contributed by atoms with Crippen molar-refractivity contribution in [1.29, 1.82) is 0 Å². The van der Waals surface area contributed by atoms with Gasteiger partial charge < -0.3 is 9.72 Å². The lowest BCUT2D eigenvalue weighted by molar-refractivity contribution is 0.413. The molecule has 0 fully saturated rings. The smallest absolute Gasteiger partial charge is 0.174 e. The number of nitrogens with zero attached hydrogens (tertiary/aromatic N) is 1. The van der Waals surface area contributed by atoms with E-state index in [1.54, 1.807) is 13.3 Å². The van der Waals surface area contributed by atoms with Crippen molar-refractivity contribution in [2.75, 3.05) is 7.11 Å². The molecule has 0 spiro atoms. The lowest BCUT2D eigenvalue weighted by Gasteiger charge is -2.11. The quantitative estimate of drug-likeness (QED) is 0.915. The highest BCUT2D eigenvalue weighted by molar-refractivity contribution is 9.10. The molecule has 16 heavy (non-hydrogen) atoms. The van der Waals surface area contributed by atoms with E-state index in [4.69, 9.17) is 4.74 Å². The Hall–Kier alpha value is -1.29. The van der Waals surface area contributed by atoms with Crippen LogP contribution in [0, 0.1) is 13.8 Å². The molecule has 1 heterocycles. The van der Waals surface area contributed by atoms with Crippen LogP contribution in [-0.4, -0.2) is 17.1 Å². The molecule has 0 amide bonds. The van der Waals surface area contributed by atoms with Crippen LogP contribution in [0.1, 0.15) is 11.1 Å². The molecule has 0 unspecified atom stereocenters. The number of hydrogen-bond acceptors (Lipinski definition) is 2. The van der Waals surface area contributed by atoms with Crippen LogP contribution in [0.25, 0.3) is 11.3 Å². The molecule has 0 bridgehead atoms. The molecule has 0 saturated heterocycles. The number of aryl methyl sites for hydroxylation is 2. The molecule has 2 aromatic rings. The van der Waals surface area contributed by atoms with Crippen molar-refractivity contribution in [3.63, 3.8) is 0 Å². The van der Waals surface area contributed by atoms with Gasteiger partial charge in [-0.05, 0) is 47.0 Å². The van der Waals surface area contributed by atoms with Crippen molar-refractivity contribution >= 4 is 15.9 Å². The Kier molecular flexibility index (Phi) is 3.01. The van der Waals surface area contributed by atoms with E-state index in [1.807, 2.05) is 6.92 Å². The van der Waals surface area contributed by atoms with Gasteiger partial charge in [0.05, 0.1) is 19.0 Å². The first-order valence-electron chi connectivity index (χ1n) is 4.98. The zero-order valence-corrected chi connectivity index (χ0v) is 11.1. The number of H-pyrrole nitrogens is 1. The van der Waals surface area contributed by atoms with Crippen molar-refractivity contribution in [2.45, 2.75) is 13.8 Å². The van der Waals surface area contributed by atoms with E-state index >= 15 is 0 Å². The van der Waals surface area contributed by atoms with Crippen molar-refractivity contribution in [3.8, 4) is 17.0 Å². The Morgan fingerprint density at radius 1 is 1.31 bits per heavy atom. The average Bonchev–Trinajstić information content (AvgIpc) is 2.63. The average molecular weight is 281 g/mol. The third kappa shape index (κ3) is 1.97. The molecule has 0 aliphatic rings. The molecule has 0 radical (unpaired) electrons. The topological polar surface area (TPSA) is 37.9 Å². The highest BCUT2D eigenvalue weighted by Crippen LogP contribution is 2.33. The van der Waals surface area contributed by atoms with Gasteiger partial charge in [0.1, 0.15) is 5.75 Å². The van der Waals surface area contributed by atoms with E-state index in [-0.39, 0.29) is 0 Å². The van der Waals surface area contributed by atoms with Gasteiger partial charge in [0, 0.05) is 5.56 Å². The maximum absolute atomic E-state index is 5.43. The van der Waals surface area contributed by atoms with E-state index in [1.165, 1.54) is 5.56 Å². The number of methoxy groups -OCH3 is 1. The van der Waals surface area contributed by atoms with E-state index in [0.717, 1.165) is 27.3 Å². The Morgan fingerprint density at radius 3 is 2.62 bits per heavy atom. The van der Waals surface area contributed by atoms with Crippen molar-refractivity contribution < 1.29 is 4.74 Å². The second kappa shape index (κ2) is 4.29. The summed E-state index contributed by atoms with van der Waals surface area (Å²) in [4.78, 5) is 7.28. The van der Waals surface area contributed by atoms with E-state index in [2.05, 4.69) is 45.0 Å². The van der Waals surface area contributed by atoms with Gasteiger partial charge in [-0.3, -0.25) is 0 Å². The van der Waals surface area contributed by atoms with Crippen molar-refractivity contribution in [3.05, 3.63) is 34.2 Å². The Bertz CT molecular complexity index is 520. The Balaban J connectivity index is 2.63. The summed E-state index contributed by atoms with van der Waals surface area (Å²) in [6.07, 6.45) is 1.79. The van der Waals surface area contributed by atoms with Gasteiger partial charge in [0.15, 0.2) is 4.73 Å². The fourth-order valence-corrected chi connectivity index (χ4v) is 2.18. The van der Waals surface area contributed by atoms with E-state index in [9.17, 15) is 0 Å². The second-order valence-electron chi connectivity index (χ2n) is 3.75. The Labute approximate surface area is 103 Å². The monoisotopic (exact) mass is 280 g/mol. The first kappa shape index (κ1) is 11.2. The molecule has 3 nitrogen and oxygen atoms in total. The third-order valence-electron chi connectivity index (χ3n) is 2.46. The summed E-state index contributed by atoms with van der Waals surface area (Å²) < 4.78 is 6.16. The molecule has 84 valence electrons. The summed E-state index contributed by atoms with van der Waals surface area (Å²) >= 11 is 3.31. The largest absolute Gasteiger partial charge is 0.496 e. The molecule has 0 aliphatic heterocycles. The number of nitrogens with one attached hydrogen (secondary N) is 1. The van der Waals surface area contributed by atoms with Gasteiger partial charge in [-0.25, -0.2) is 4.98 Å². The number of benzene rings is 1. The number of aromatic nitrogens is 2. The minimum atomic E-state index is 0.726. The first-order chi connectivity index (χ1) is 7.61. The molecular weight excluding hydrogens is 268 g/mol. The van der Waals surface area contributed by atoms with Gasteiger partial charge in [0.2, 0.25) is 0 Å². The standard InChI is InChI=1S/C12H13BrN2O/c1-7-4-8(2)11(16-3)9(5-7)10-6-14-12(13)15-10/h4-6H,1-3H3,(H,14,15). The van der Waals surface area contributed by atoms with Crippen molar-refractivity contribution in [1.82, 2.24) is 9.97 Å². The number of aromatic amines is 1. The number of halogens is 1. The highest BCUT2D eigenvalue weighted by atomic mass is 79.9. The van der Waals surface area contributed by atoms with Crippen LogP contribution in [-0.2, 0) is 0 Å². The third-order valence-corrected chi connectivity index (χ3v) is 2.86. The Morgan fingerprint density at radius 2 is 2.06 bits per heavy atom. The summed E-state index contributed by atoms with van der Waals surface area (Å²) in [6, 6.07) is 4.19. The number of ether oxygens (including phenoxy) is 1. The maximum atomic E-state index is 5.43. The van der Waals surface area contributed by atoms with Crippen LogP contribution in [0.5, 0.6) is 5.75 Å². The highest BCUT2D eigenvalue weighted by Gasteiger charge is 2.11. The first-order valence-corrected chi connectivity index (χ1v) is 5.77. The van der Waals surface area contributed by atoms with Gasteiger partial charge in [-0.1, -0.05) is 6.07 Å². The lowest BCUT2D eigenvalue weighted by atomic mass is 10.0. The summed E-state index contributed by atoms with van der Waals surface area (Å²) in [5.74, 6) is 0.891. The molecule has 1 aromatic heterocycles. The van der Waals surface area contributed by atoms with E-state index < -0.39 is 0 Å². The molecule has 4 heteroatoms. The molecule has 0 saturated carbocycles. The van der Waals surface area contributed by atoms with Crippen LogP contribution < -0.4 is 4.74 Å². The van der Waals surface area contributed by atoms with Crippen LogP contribution >= 0.6 is 15.9 Å². The van der Waals surface area contributed by atoms with Crippen LogP contribution in [0.2, 0.25) is 0 Å². The lowest BCUT2D eigenvalue weighted by Crippen LogP contribution is -1.92. The van der Waals surface area contributed by atoms with E-state index in [0.29, 0.717) is 0 Å². The summed E-state index contributed by atoms with van der Waals surface area (Å²) in [5.41, 5.74) is 4.33. The molecule has 0 atom stereocenters. The summed E-state index contributed by atoms with van der Waals surface area (Å²) in [6.45, 7) is 4.11. The van der Waals surface area contributed by atoms with Gasteiger partial charge >= 0.3 is 0 Å². The normalized spacial score (nSPS) is 10.5. The SMILES string of the molecule is COc1c(C)cc(C)cc1-c1cnc(Br)[nH]1.